The fraction of sp³-hybridized carbons (Fsp3) is 0.652. The lowest BCUT2D eigenvalue weighted by atomic mass is 9.68. The van der Waals surface area contributed by atoms with E-state index in [9.17, 15) is 17.6 Å². The second kappa shape index (κ2) is 9.75. The molecule has 0 atom stereocenters. The topological polar surface area (TPSA) is 0 Å². The van der Waals surface area contributed by atoms with Crippen LogP contribution in [0.4, 0.5) is 17.6 Å². The van der Waals surface area contributed by atoms with Gasteiger partial charge in [0.1, 0.15) is 0 Å². The van der Waals surface area contributed by atoms with Crippen molar-refractivity contribution in [1.29, 1.82) is 0 Å². The summed E-state index contributed by atoms with van der Waals surface area (Å²) in [6.45, 7) is 0. The molecule has 2 saturated carbocycles. The van der Waals surface area contributed by atoms with E-state index in [2.05, 4.69) is 0 Å². The van der Waals surface area contributed by atoms with Gasteiger partial charge in [0.05, 0.1) is 0 Å². The van der Waals surface area contributed by atoms with Gasteiger partial charge < -0.3 is 0 Å². The first-order valence-electron chi connectivity index (χ1n) is 10.4. The molecule has 0 unspecified atom stereocenters. The predicted octanol–water partition coefficient (Wildman–Crippen LogP) is 7.92. The van der Waals surface area contributed by atoms with Crippen molar-refractivity contribution in [2.45, 2.75) is 76.6 Å². The van der Waals surface area contributed by atoms with Gasteiger partial charge in [-0.05, 0) is 80.6 Å². The van der Waals surface area contributed by atoms with Crippen LogP contribution in [0, 0.1) is 17.8 Å². The maximum absolute atomic E-state index is 12.7. The maximum Gasteiger partial charge on any atom is 0.263 e. The Morgan fingerprint density at radius 2 is 1.33 bits per heavy atom. The van der Waals surface area contributed by atoms with Crippen LogP contribution < -0.4 is 0 Å². The van der Waals surface area contributed by atoms with Crippen LogP contribution in [-0.4, -0.2) is 6.43 Å². The summed E-state index contributed by atoms with van der Waals surface area (Å²) in [5.41, 5.74) is 1.30. The summed E-state index contributed by atoms with van der Waals surface area (Å²) in [6.07, 6.45) is 8.30. The summed E-state index contributed by atoms with van der Waals surface area (Å²) < 4.78 is 49.8. The molecule has 3 rings (SSSR count). The molecule has 4 heteroatoms. The van der Waals surface area contributed by atoms with Crippen molar-refractivity contribution in [1.82, 2.24) is 0 Å². The molecule has 1 aromatic rings. The Labute approximate surface area is 160 Å². The third-order valence-electron chi connectivity index (χ3n) is 6.64. The monoisotopic (exact) mass is 382 g/mol. The molecule has 0 spiro atoms. The van der Waals surface area contributed by atoms with E-state index >= 15 is 0 Å². The number of allylic oxidation sites excluding steroid dienone is 2. The highest BCUT2D eigenvalue weighted by Crippen LogP contribution is 2.44. The number of hydrogen-bond donors (Lipinski definition) is 0. The molecule has 0 aliphatic heterocycles. The van der Waals surface area contributed by atoms with Crippen molar-refractivity contribution in [3.05, 3.63) is 47.5 Å². The second-order valence-electron chi connectivity index (χ2n) is 8.31. The molecule has 1 aromatic carbocycles. The first-order valence-corrected chi connectivity index (χ1v) is 10.4. The third kappa shape index (κ3) is 5.83. The standard InChI is InChI=1S/C23H30F4/c24-22(25)3-1-2-16-4-6-17(7-5-16)18-8-10-19(11-9-18)20-12-14-21(15-13-20)23(26)27/h1-2,12-19,22-23H,3-11H2. The van der Waals surface area contributed by atoms with Crippen LogP contribution in [0.3, 0.4) is 0 Å². The number of rotatable bonds is 6. The van der Waals surface area contributed by atoms with Gasteiger partial charge in [-0.15, -0.1) is 0 Å². The van der Waals surface area contributed by atoms with Gasteiger partial charge in [-0.1, -0.05) is 36.4 Å². The molecule has 27 heavy (non-hydrogen) atoms. The molecule has 2 fully saturated rings. The van der Waals surface area contributed by atoms with Gasteiger partial charge in [-0.2, -0.15) is 0 Å². The average Bonchev–Trinajstić information content (AvgIpc) is 2.68. The van der Waals surface area contributed by atoms with Crippen molar-refractivity contribution in [3.8, 4) is 0 Å². The van der Waals surface area contributed by atoms with E-state index in [1.807, 2.05) is 18.2 Å². The minimum absolute atomic E-state index is 0.104. The summed E-state index contributed by atoms with van der Waals surface area (Å²) in [5, 5.41) is 0. The predicted molar refractivity (Wildman–Crippen MR) is 101 cm³/mol. The summed E-state index contributed by atoms with van der Waals surface area (Å²) >= 11 is 0. The zero-order valence-corrected chi connectivity index (χ0v) is 15.8. The van der Waals surface area contributed by atoms with Crippen LogP contribution in [0.25, 0.3) is 0 Å². The number of halogens is 4. The van der Waals surface area contributed by atoms with Crippen molar-refractivity contribution >= 4 is 0 Å². The minimum Gasteiger partial charge on any atom is -0.210 e. The largest absolute Gasteiger partial charge is 0.263 e. The lowest BCUT2D eigenvalue weighted by Gasteiger charge is -2.37. The zero-order chi connectivity index (χ0) is 19.2. The van der Waals surface area contributed by atoms with E-state index in [0.29, 0.717) is 11.8 Å². The smallest absolute Gasteiger partial charge is 0.210 e. The number of alkyl halides is 4. The first-order chi connectivity index (χ1) is 13.0. The van der Waals surface area contributed by atoms with Crippen molar-refractivity contribution in [2.24, 2.45) is 17.8 Å². The lowest BCUT2D eigenvalue weighted by molar-refractivity contribution is 0.151. The van der Waals surface area contributed by atoms with E-state index in [1.54, 1.807) is 18.2 Å². The van der Waals surface area contributed by atoms with Crippen molar-refractivity contribution in [3.63, 3.8) is 0 Å². The third-order valence-corrected chi connectivity index (χ3v) is 6.64. The van der Waals surface area contributed by atoms with E-state index in [1.165, 1.54) is 31.2 Å². The highest BCUT2D eigenvalue weighted by atomic mass is 19.3. The van der Waals surface area contributed by atoms with E-state index in [0.717, 1.165) is 37.5 Å². The molecule has 2 aliphatic carbocycles. The summed E-state index contributed by atoms with van der Waals surface area (Å²) in [7, 11) is 0. The van der Waals surface area contributed by atoms with Crippen LogP contribution >= 0.6 is 0 Å². The zero-order valence-electron chi connectivity index (χ0n) is 15.8. The van der Waals surface area contributed by atoms with Crippen LogP contribution in [0.5, 0.6) is 0 Å². The summed E-state index contributed by atoms with van der Waals surface area (Å²) in [5.74, 6) is 2.52. The minimum atomic E-state index is -2.39. The Morgan fingerprint density at radius 3 is 1.85 bits per heavy atom. The molecule has 0 radical (unpaired) electrons. The summed E-state index contributed by atoms with van der Waals surface area (Å²) in [6, 6.07) is 6.89. The maximum atomic E-state index is 12.7. The molecule has 0 heterocycles. The molecule has 0 nitrogen and oxygen atoms in total. The van der Waals surface area contributed by atoms with Crippen molar-refractivity contribution in [2.75, 3.05) is 0 Å². The lowest BCUT2D eigenvalue weighted by Crippen LogP contribution is -2.25. The molecular formula is C23H30F4. The fourth-order valence-corrected chi connectivity index (χ4v) is 5.02. The molecule has 150 valence electrons. The van der Waals surface area contributed by atoms with Gasteiger partial charge in [-0.3, -0.25) is 0 Å². The molecule has 0 bridgehead atoms. The molecule has 0 amide bonds. The van der Waals surface area contributed by atoms with Gasteiger partial charge >= 0.3 is 0 Å². The Kier molecular flexibility index (Phi) is 7.37. The van der Waals surface area contributed by atoms with Gasteiger partial charge in [0.25, 0.3) is 6.43 Å². The highest BCUT2D eigenvalue weighted by Gasteiger charge is 2.30. The first kappa shape index (κ1) is 20.4. The second-order valence-corrected chi connectivity index (χ2v) is 8.31. The van der Waals surface area contributed by atoms with E-state index in [-0.39, 0.29) is 12.0 Å². The molecule has 2 aliphatic rings. The normalized spacial score (nSPS) is 29.7. The van der Waals surface area contributed by atoms with Gasteiger partial charge in [-0.25, -0.2) is 17.6 Å². The van der Waals surface area contributed by atoms with E-state index in [4.69, 9.17) is 0 Å². The Balaban J connectivity index is 1.42. The Morgan fingerprint density at radius 1 is 0.778 bits per heavy atom. The SMILES string of the molecule is FC(F)CC=CC1CCC(C2CCC(c3ccc(C(F)F)cc3)CC2)CC1. The van der Waals surface area contributed by atoms with E-state index < -0.39 is 12.9 Å². The molecule has 0 saturated heterocycles. The Bertz CT molecular complexity index is 577. The van der Waals surface area contributed by atoms with Gasteiger partial charge in [0.15, 0.2) is 0 Å². The number of benzene rings is 1. The van der Waals surface area contributed by atoms with Crippen LogP contribution in [0.2, 0.25) is 0 Å². The van der Waals surface area contributed by atoms with Gasteiger partial charge in [0.2, 0.25) is 6.43 Å². The molecule has 0 aromatic heterocycles. The Hall–Kier alpha value is -1.32. The van der Waals surface area contributed by atoms with Crippen LogP contribution in [0.15, 0.2) is 36.4 Å². The molecular weight excluding hydrogens is 352 g/mol. The summed E-state index contributed by atoms with van der Waals surface area (Å²) in [4.78, 5) is 0. The fourth-order valence-electron chi connectivity index (χ4n) is 5.02. The van der Waals surface area contributed by atoms with Gasteiger partial charge in [0, 0.05) is 12.0 Å². The van der Waals surface area contributed by atoms with Crippen LogP contribution in [-0.2, 0) is 0 Å². The molecule has 0 N–H and O–H groups in total. The average molecular weight is 382 g/mol. The quantitative estimate of drug-likeness (QED) is 0.346. The van der Waals surface area contributed by atoms with Crippen molar-refractivity contribution < 1.29 is 17.6 Å². The van der Waals surface area contributed by atoms with Crippen LogP contribution in [0.1, 0.15) is 81.3 Å². The number of hydrogen-bond acceptors (Lipinski definition) is 0. The highest BCUT2D eigenvalue weighted by molar-refractivity contribution is 5.26.